The van der Waals surface area contributed by atoms with Crippen LogP contribution in [0.4, 0.5) is 10.5 Å². The molecule has 31 heavy (non-hydrogen) atoms. The zero-order valence-electron chi connectivity index (χ0n) is 17.4. The lowest BCUT2D eigenvalue weighted by molar-refractivity contribution is -0.134. The number of nitrogens with one attached hydrogen (secondary N) is 1. The van der Waals surface area contributed by atoms with Gasteiger partial charge < -0.3 is 19.7 Å². The number of ether oxygens (including phenoxy) is 2. The van der Waals surface area contributed by atoms with Gasteiger partial charge in [0.25, 0.3) is 5.91 Å². The number of imide groups is 1. The minimum absolute atomic E-state index is 0.0225. The maximum absolute atomic E-state index is 13.2. The van der Waals surface area contributed by atoms with E-state index in [1.54, 1.807) is 17.9 Å². The van der Waals surface area contributed by atoms with Crippen LogP contribution in [0.25, 0.3) is 0 Å². The van der Waals surface area contributed by atoms with Crippen LogP contribution in [0.5, 0.6) is 11.5 Å². The Kier molecular flexibility index (Phi) is 4.39. The van der Waals surface area contributed by atoms with E-state index < -0.39 is 17.5 Å². The molecule has 0 bridgehead atoms. The summed E-state index contributed by atoms with van der Waals surface area (Å²) in [5.74, 6) is 0.589. The van der Waals surface area contributed by atoms with Gasteiger partial charge >= 0.3 is 6.03 Å². The van der Waals surface area contributed by atoms with Crippen LogP contribution in [0.3, 0.4) is 0 Å². The third-order valence-corrected chi connectivity index (χ3v) is 6.11. The fourth-order valence-corrected chi connectivity index (χ4v) is 4.63. The average Bonchev–Trinajstić information content (AvgIpc) is 3.38. The molecule has 3 aliphatic rings. The first-order valence-electron chi connectivity index (χ1n) is 10.3. The highest BCUT2D eigenvalue weighted by molar-refractivity contribution is 6.10. The highest BCUT2D eigenvalue weighted by atomic mass is 16.7. The van der Waals surface area contributed by atoms with Crippen LogP contribution in [0.15, 0.2) is 42.5 Å². The van der Waals surface area contributed by atoms with Crippen molar-refractivity contribution in [3.05, 3.63) is 53.6 Å². The summed E-state index contributed by atoms with van der Waals surface area (Å²) < 4.78 is 10.7. The molecule has 0 aromatic heterocycles. The van der Waals surface area contributed by atoms with Gasteiger partial charge in [-0.1, -0.05) is 24.3 Å². The Morgan fingerprint density at radius 1 is 1.16 bits per heavy atom. The van der Waals surface area contributed by atoms with E-state index in [1.807, 2.05) is 43.3 Å². The van der Waals surface area contributed by atoms with Gasteiger partial charge in [0.05, 0.1) is 0 Å². The van der Waals surface area contributed by atoms with E-state index in [2.05, 4.69) is 5.32 Å². The molecule has 4 amide bonds. The second-order valence-corrected chi connectivity index (χ2v) is 8.46. The Labute approximate surface area is 179 Å². The number of hydrogen-bond acceptors (Lipinski definition) is 5. The molecule has 1 N–H and O–H groups in total. The molecule has 1 saturated heterocycles. The summed E-state index contributed by atoms with van der Waals surface area (Å²) in [7, 11) is 0. The number of carbonyl (C=O) groups excluding carboxylic acids is 3. The van der Waals surface area contributed by atoms with E-state index in [0.29, 0.717) is 11.5 Å². The van der Waals surface area contributed by atoms with Crippen molar-refractivity contribution < 1.29 is 23.9 Å². The maximum atomic E-state index is 13.2. The lowest BCUT2D eigenvalue weighted by Gasteiger charge is -2.25. The molecule has 3 heterocycles. The minimum Gasteiger partial charge on any atom is -0.454 e. The van der Waals surface area contributed by atoms with Crippen molar-refractivity contribution in [3.8, 4) is 11.5 Å². The summed E-state index contributed by atoms with van der Waals surface area (Å²) >= 11 is 0. The number of anilines is 1. The number of para-hydroxylation sites is 1. The van der Waals surface area contributed by atoms with Gasteiger partial charge in [0.15, 0.2) is 11.5 Å². The molecule has 160 valence electrons. The maximum Gasteiger partial charge on any atom is 0.325 e. The Hall–Kier alpha value is -3.55. The van der Waals surface area contributed by atoms with E-state index in [9.17, 15) is 14.4 Å². The quantitative estimate of drug-likeness (QED) is 0.765. The van der Waals surface area contributed by atoms with Crippen LogP contribution in [0.1, 0.15) is 25.0 Å². The smallest absolute Gasteiger partial charge is 0.325 e. The van der Waals surface area contributed by atoms with Crippen LogP contribution < -0.4 is 19.7 Å². The summed E-state index contributed by atoms with van der Waals surface area (Å²) in [4.78, 5) is 41.6. The lowest BCUT2D eigenvalue weighted by atomic mass is 9.92. The van der Waals surface area contributed by atoms with E-state index in [1.165, 1.54) is 0 Å². The molecule has 2 aromatic carbocycles. The fraction of sp³-hybridized carbons (Fsp3) is 0.348. The summed E-state index contributed by atoms with van der Waals surface area (Å²) in [5.41, 5.74) is 1.62. The summed E-state index contributed by atoms with van der Waals surface area (Å²) in [6.45, 7) is 3.52. The SMILES string of the molecule is C[C@@H]1Cc2ccccc2N1C(=O)CN1C(=O)N[C@@](C)(Cc2ccc3c(c2)OCO3)C1=O. The molecule has 5 rings (SSSR count). The minimum atomic E-state index is -1.14. The van der Waals surface area contributed by atoms with Crippen molar-refractivity contribution in [2.45, 2.75) is 38.3 Å². The lowest BCUT2D eigenvalue weighted by Crippen LogP contribution is -2.48. The third kappa shape index (κ3) is 3.19. The Morgan fingerprint density at radius 3 is 2.77 bits per heavy atom. The number of fused-ring (bicyclic) bond motifs is 2. The van der Waals surface area contributed by atoms with Crippen LogP contribution in [0.2, 0.25) is 0 Å². The Morgan fingerprint density at radius 2 is 1.94 bits per heavy atom. The second kappa shape index (κ2) is 7.01. The highest BCUT2D eigenvalue weighted by Crippen LogP contribution is 2.35. The second-order valence-electron chi connectivity index (χ2n) is 8.46. The number of hydrogen-bond donors (Lipinski definition) is 1. The fourth-order valence-electron chi connectivity index (χ4n) is 4.63. The van der Waals surface area contributed by atoms with E-state index in [4.69, 9.17) is 9.47 Å². The Bertz CT molecular complexity index is 1100. The van der Waals surface area contributed by atoms with Crippen molar-refractivity contribution in [2.24, 2.45) is 0 Å². The van der Waals surface area contributed by atoms with Gasteiger partial charge in [-0.25, -0.2) is 4.79 Å². The van der Waals surface area contributed by atoms with Gasteiger partial charge in [-0.15, -0.1) is 0 Å². The molecule has 3 aliphatic heterocycles. The molecule has 2 atom stereocenters. The zero-order valence-corrected chi connectivity index (χ0v) is 17.4. The van der Waals surface area contributed by atoms with Gasteiger partial charge in [-0.2, -0.15) is 0 Å². The van der Waals surface area contributed by atoms with Crippen molar-refractivity contribution in [1.82, 2.24) is 10.2 Å². The van der Waals surface area contributed by atoms with Gasteiger partial charge in [0.1, 0.15) is 12.1 Å². The topological polar surface area (TPSA) is 88.2 Å². The first-order valence-corrected chi connectivity index (χ1v) is 10.3. The molecule has 2 aromatic rings. The largest absolute Gasteiger partial charge is 0.454 e. The predicted molar refractivity (Wildman–Crippen MR) is 112 cm³/mol. The molecule has 0 saturated carbocycles. The molecule has 1 fully saturated rings. The van der Waals surface area contributed by atoms with Crippen molar-refractivity contribution in [2.75, 3.05) is 18.2 Å². The average molecular weight is 421 g/mol. The first kappa shape index (κ1) is 19.4. The molecule has 0 spiro atoms. The molecular formula is C23H23N3O5. The standard InChI is InChI=1S/C23H23N3O5/c1-14-9-16-5-3-4-6-17(16)26(14)20(27)12-25-21(28)23(2,24-22(25)29)11-15-7-8-18-19(10-15)31-13-30-18/h3-8,10,14H,9,11-13H2,1-2H3,(H,24,29)/t14-,23+/m1/s1. The molecule has 8 heteroatoms. The Balaban J connectivity index is 1.33. The zero-order chi connectivity index (χ0) is 21.8. The highest BCUT2D eigenvalue weighted by Gasteiger charge is 2.49. The summed E-state index contributed by atoms with van der Waals surface area (Å²) in [6, 6.07) is 12.6. The van der Waals surface area contributed by atoms with Gasteiger partial charge in [0.2, 0.25) is 12.7 Å². The molecule has 8 nitrogen and oxygen atoms in total. The summed E-state index contributed by atoms with van der Waals surface area (Å²) in [6.07, 6.45) is 1.03. The van der Waals surface area contributed by atoms with Crippen LogP contribution in [-0.4, -0.2) is 47.7 Å². The van der Waals surface area contributed by atoms with Crippen molar-refractivity contribution in [1.29, 1.82) is 0 Å². The third-order valence-electron chi connectivity index (χ3n) is 6.11. The number of amides is 4. The predicted octanol–water partition coefficient (Wildman–Crippen LogP) is 2.25. The molecular weight excluding hydrogens is 398 g/mol. The first-order chi connectivity index (χ1) is 14.9. The molecule has 0 radical (unpaired) electrons. The number of urea groups is 1. The summed E-state index contributed by atoms with van der Waals surface area (Å²) in [5, 5.41) is 2.77. The van der Waals surface area contributed by atoms with Gasteiger partial charge in [-0.3, -0.25) is 14.5 Å². The van der Waals surface area contributed by atoms with Crippen LogP contribution >= 0.6 is 0 Å². The van der Waals surface area contributed by atoms with Gasteiger partial charge in [0, 0.05) is 18.2 Å². The van der Waals surface area contributed by atoms with Crippen LogP contribution in [-0.2, 0) is 22.4 Å². The van der Waals surface area contributed by atoms with Gasteiger partial charge in [-0.05, 0) is 49.6 Å². The molecule has 0 aliphatic carbocycles. The van der Waals surface area contributed by atoms with E-state index in [0.717, 1.165) is 28.1 Å². The number of nitrogens with zero attached hydrogens (tertiary/aromatic N) is 2. The van der Waals surface area contributed by atoms with Crippen molar-refractivity contribution in [3.63, 3.8) is 0 Å². The van der Waals surface area contributed by atoms with E-state index >= 15 is 0 Å². The monoisotopic (exact) mass is 421 g/mol. The number of benzene rings is 2. The molecule has 0 unspecified atom stereocenters. The number of rotatable bonds is 4. The normalized spacial score (nSPS) is 23.9. The number of carbonyl (C=O) groups is 3. The van der Waals surface area contributed by atoms with Crippen molar-refractivity contribution >= 4 is 23.5 Å². The van der Waals surface area contributed by atoms with E-state index in [-0.39, 0.29) is 31.7 Å². The van der Waals surface area contributed by atoms with Crippen LogP contribution in [0, 0.1) is 0 Å².